The highest BCUT2D eigenvalue weighted by Crippen LogP contribution is 2.23. The van der Waals surface area contributed by atoms with E-state index >= 15 is 0 Å². The Hall–Kier alpha value is -3.35. The van der Waals surface area contributed by atoms with Crippen LogP contribution >= 0.6 is 23.2 Å². The number of ether oxygens (including phenoxy) is 2. The second-order valence-corrected chi connectivity index (χ2v) is 7.78. The lowest BCUT2D eigenvalue weighted by molar-refractivity contribution is -0.123. The van der Waals surface area contributed by atoms with Crippen molar-refractivity contribution in [1.82, 2.24) is 5.43 Å². The van der Waals surface area contributed by atoms with Gasteiger partial charge in [0, 0.05) is 5.02 Å². The topological polar surface area (TPSA) is 77.0 Å². The van der Waals surface area contributed by atoms with Gasteiger partial charge in [-0.05, 0) is 73.5 Å². The van der Waals surface area contributed by atoms with Crippen LogP contribution in [0.2, 0.25) is 10.0 Å². The molecule has 164 valence electrons. The van der Waals surface area contributed by atoms with Gasteiger partial charge in [0.05, 0.1) is 16.8 Å². The van der Waals surface area contributed by atoms with Gasteiger partial charge in [0.1, 0.15) is 11.5 Å². The fourth-order valence-corrected chi connectivity index (χ4v) is 3.24. The Morgan fingerprint density at radius 2 is 1.75 bits per heavy atom. The number of esters is 1. The Labute approximate surface area is 195 Å². The standard InChI is InChI=1S/C24H20Cl2N2O4/c1-15-3-10-22(16(2)11-15)31-14-23(29)28-27-13-17-4-7-19(8-5-17)32-24(30)20-9-6-18(25)12-21(20)26/h3-13H,14H2,1-2H3,(H,28,29)/b27-13-. The summed E-state index contributed by atoms with van der Waals surface area (Å²) in [7, 11) is 0. The third kappa shape index (κ3) is 6.57. The SMILES string of the molecule is Cc1ccc(OCC(=O)N/N=C\c2ccc(OC(=O)c3ccc(Cl)cc3Cl)cc2)c(C)c1. The Bertz CT molecular complexity index is 1160. The number of hydrogen-bond acceptors (Lipinski definition) is 5. The molecular formula is C24H20Cl2N2O4. The van der Waals surface area contributed by atoms with Crippen LogP contribution in [0.5, 0.6) is 11.5 Å². The van der Waals surface area contributed by atoms with E-state index in [4.69, 9.17) is 32.7 Å². The predicted octanol–water partition coefficient (Wildman–Crippen LogP) is 5.36. The van der Waals surface area contributed by atoms with Crippen LogP contribution in [0.4, 0.5) is 0 Å². The van der Waals surface area contributed by atoms with Crippen molar-refractivity contribution in [3.8, 4) is 11.5 Å². The predicted molar refractivity (Wildman–Crippen MR) is 125 cm³/mol. The van der Waals surface area contributed by atoms with Crippen LogP contribution in [0.15, 0.2) is 65.8 Å². The van der Waals surface area contributed by atoms with Crippen molar-refractivity contribution in [2.24, 2.45) is 5.10 Å². The molecule has 0 saturated carbocycles. The highest BCUT2D eigenvalue weighted by Gasteiger charge is 2.13. The van der Waals surface area contributed by atoms with Gasteiger partial charge in [-0.3, -0.25) is 4.79 Å². The Morgan fingerprint density at radius 3 is 2.44 bits per heavy atom. The van der Waals surface area contributed by atoms with E-state index < -0.39 is 5.97 Å². The highest BCUT2D eigenvalue weighted by molar-refractivity contribution is 6.36. The van der Waals surface area contributed by atoms with E-state index in [0.29, 0.717) is 22.1 Å². The van der Waals surface area contributed by atoms with Gasteiger partial charge in [-0.1, -0.05) is 40.9 Å². The highest BCUT2D eigenvalue weighted by atomic mass is 35.5. The lowest BCUT2D eigenvalue weighted by Crippen LogP contribution is -2.24. The molecule has 0 atom stereocenters. The van der Waals surface area contributed by atoms with E-state index in [1.165, 1.54) is 18.3 Å². The summed E-state index contributed by atoms with van der Waals surface area (Å²) in [6.45, 7) is 3.76. The number of hydrogen-bond donors (Lipinski definition) is 1. The Kier molecular flexibility index (Phi) is 7.87. The molecule has 0 aliphatic carbocycles. The molecule has 6 nitrogen and oxygen atoms in total. The van der Waals surface area contributed by atoms with E-state index in [-0.39, 0.29) is 23.1 Å². The number of benzene rings is 3. The van der Waals surface area contributed by atoms with Crippen molar-refractivity contribution in [3.63, 3.8) is 0 Å². The summed E-state index contributed by atoms with van der Waals surface area (Å²) in [4.78, 5) is 24.2. The average molecular weight is 471 g/mol. The molecular weight excluding hydrogens is 451 g/mol. The average Bonchev–Trinajstić information content (AvgIpc) is 2.74. The molecule has 0 aromatic heterocycles. The number of hydrazone groups is 1. The monoisotopic (exact) mass is 470 g/mol. The summed E-state index contributed by atoms with van der Waals surface area (Å²) in [5.41, 5.74) is 5.40. The first kappa shape index (κ1) is 23.3. The number of nitrogens with zero attached hydrogens (tertiary/aromatic N) is 1. The molecule has 3 aromatic rings. The van der Waals surface area contributed by atoms with Crippen LogP contribution in [0.1, 0.15) is 27.0 Å². The van der Waals surface area contributed by atoms with Gasteiger partial charge in [0.25, 0.3) is 5.91 Å². The quantitative estimate of drug-likeness (QED) is 0.218. The number of aryl methyl sites for hydroxylation is 2. The molecule has 8 heteroatoms. The molecule has 3 rings (SSSR count). The zero-order valence-corrected chi connectivity index (χ0v) is 18.9. The summed E-state index contributed by atoms with van der Waals surface area (Å²) in [5.74, 6) is 0.0135. The number of amides is 1. The molecule has 0 bridgehead atoms. The molecule has 0 aliphatic rings. The van der Waals surface area contributed by atoms with Crippen molar-refractivity contribution in [2.75, 3.05) is 6.61 Å². The fourth-order valence-electron chi connectivity index (χ4n) is 2.75. The summed E-state index contributed by atoms with van der Waals surface area (Å²) in [6.07, 6.45) is 1.47. The van der Waals surface area contributed by atoms with E-state index in [0.717, 1.165) is 11.1 Å². The van der Waals surface area contributed by atoms with Gasteiger partial charge in [-0.2, -0.15) is 5.10 Å². The molecule has 0 fully saturated rings. The van der Waals surface area contributed by atoms with Crippen molar-refractivity contribution in [3.05, 3.63) is 93.0 Å². The Balaban J connectivity index is 1.49. The lowest BCUT2D eigenvalue weighted by atomic mass is 10.1. The maximum Gasteiger partial charge on any atom is 0.345 e. The van der Waals surface area contributed by atoms with Crippen LogP contribution < -0.4 is 14.9 Å². The normalized spacial score (nSPS) is 10.8. The van der Waals surface area contributed by atoms with E-state index in [2.05, 4.69) is 10.5 Å². The number of carbonyl (C=O) groups is 2. The van der Waals surface area contributed by atoms with Gasteiger partial charge in [0.2, 0.25) is 0 Å². The number of carbonyl (C=O) groups excluding carboxylic acids is 2. The van der Waals surface area contributed by atoms with Crippen molar-refractivity contribution in [1.29, 1.82) is 0 Å². The molecule has 0 heterocycles. The van der Waals surface area contributed by atoms with Crippen LogP contribution in [0.25, 0.3) is 0 Å². The number of halogens is 2. The Morgan fingerprint density at radius 1 is 1.00 bits per heavy atom. The second-order valence-electron chi connectivity index (χ2n) is 6.93. The molecule has 0 unspecified atom stereocenters. The molecule has 0 aliphatic heterocycles. The fraction of sp³-hybridized carbons (Fsp3) is 0.125. The molecule has 1 N–H and O–H groups in total. The third-order valence-corrected chi connectivity index (χ3v) is 4.88. The van der Waals surface area contributed by atoms with E-state index in [1.54, 1.807) is 30.3 Å². The van der Waals surface area contributed by atoms with Crippen molar-refractivity contribution < 1.29 is 19.1 Å². The number of rotatable bonds is 7. The van der Waals surface area contributed by atoms with Crippen LogP contribution in [0, 0.1) is 13.8 Å². The smallest absolute Gasteiger partial charge is 0.345 e. The summed E-state index contributed by atoms with van der Waals surface area (Å²) in [5, 5.41) is 4.55. The zero-order valence-electron chi connectivity index (χ0n) is 17.4. The van der Waals surface area contributed by atoms with Gasteiger partial charge in [-0.25, -0.2) is 10.2 Å². The van der Waals surface area contributed by atoms with E-state index in [1.807, 2.05) is 32.0 Å². The van der Waals surface area contributed by atoms with Crippen LogP contribution in [-0.2, 0) is 4.79 Å². The first-order chi connectivity index (χ1) is 15.3. The molecule has 0 radical (unpaired) electrons. The minimum Gasteiger partial charge on any atom is -0.483 e. The summed E-state index contributed by atoms with van der Waals surface area (Å²) < 4.78 is 10.8. The zero-order chi connectivity index (χ0) is 23.1. The molecule has 1 amide bonds. The van der Waals surface area contributed by atoms with Gasteiger partial charge >= 0.3 is 5.97 Å². The largest absolute Gasteiger partial charge is 0.483 e. The van der Waals surface area contributed by atoms with Gasteiger partial charge in [-0.15, -0.1) is 0 Å². The molecule has 0 saturated heterocycles. The van der Waals surface area contributed by atoms with Crippen molar-refractivity contribution in [2.45, 2.75) is 13.8 Å². The van der Waals surface area contributed by atoms with Crippen molar-refractivity contribution >= 4 is 41.3 Å². The summed E-state index contributed by atoms with van der Waals surface area (Å²) in [6, 6.07) is 16.9. The first-order valence-electron chi connectivity index (χ1n) is 9.61. The van der Waals surface area contributed by atoms with Crippen LogP contribution in [-0.4, -0.2) is 24.7 Å². The van der Waals surface area contributed by atoms with Gasteiger partial charge < -0.3 is 9.47 Å². The molecule has 0 spiro atoms. The molecule has 3 aromatic carbocycles. The van der Waals surface area contributed by atoms with E-state index in [9.17, 15) is 9.59 Å². The second kappa shape index (κ2) is 10.8. The number of nitrogens with one attached hydrogen (secondary N) is 1. The minimum atomic E-state index is -0.593. The summed E-state index contributed by atoms with van der Waals surface area (Å²) >= 11 is 11.9. The van der Waals surface area contributed by atoms with Crippen LogP contribution in [0.3, 0.4) is 0 Å². The first-order valence-corrected chi connectivity index (χ1v) is 10.4. The minimum absolute atomic E-state index is 0.149. The maximum atomic E-state index is 12.2. The van der Waals surface area contributed by atoms with Gasteiger partial charge in [0.15, 0.2) is 6.61 Å². The maximum absolute atomic E-state index is 12.2. The lowest BCUT2D eigenvalue weighted by Gasteiger charge is -2.08. The third-order valence-electron chi connectivity index (χ3n) is 4.33. The molecule has 32 heavy (non-hydrogen) atoms.